The molecule has 6 heteroatoms. The van der Waals surface area contributed by atoms with Gasteiger partial charge in [-0.1, -0.05) is 48.3 Å². The van der Waals surface area contributed by atoms with Crippen molar-refractivity contribution in [3.05, 3.63) is 64.1 Å². The van der Waals surface area contributed by atoms with E-state index >= 15 is 0 Å². The molecule has 0 bridgehead atoms. The lowest BCUT2D eigenvalue weighted by Crippen LogP contribution is -2.33. The second-order valence-corrected chi connectivity index (χ2v) is 8.63. The molecule has 2 rings (SSSR count). The van der Waals surface area contributed by atoms with Crippen LogP contribution in [0.25, 0.3) is 0 Å². The van der Waals surface area contributed by atoms with Gasteiger partial charge in [0.25, 0.3) is 0 Å². The van der Waals surface area contributed by atoms with Crippen LogP contribution >= 0.6 is 46.7 Å². The lowest BCUT2D eigenvalue weighted by Gasteiger charge is -2.14. The number of thioether (sulfide) groups is 2. The summed E-state index contributed by atoms with van der Waals surface area (Å²) < 4.78 is 0. The highest BCUT2D eigenvalue weighted by Crippen LogP contribution is 2.27. The predicted molar refractivity (Wildman–Crippen MR) is 112 cm³/mol. The smallest absolute Gasteiger partial charge is 0.233 e. The van der Waals surface area contributed by atoms with E-state index < -0.39 is 0 Å². The molecule has 1 N–H and O–H groups in total. The van der Waals surface area contributed by atoms with Crippen molar-refractivity contribution in [2.24, 2.45) is 0 Å². The largest absolute Gasteiger partial charge is 0.354 e. The van der Waals surface area contributed by atoms with Crippen LogP contribution in [0, 0.1) is 0 Å². The Balaban J connectivity index is 1.71. The zero-order valence-corrected chi connectivity index (χ0v) is 17.2. The Labute approximate surface area is 168 Å². The molecular weight excluding hydrogens is 393 g/mol. The maximum atomic E-state index is 12.3. The van der Waals surface area contributed by atoms with Gasteiger partial charge in [-0.15, -0.1) is 11.8 Å². The minimum absolute atomic E-state index is 0.0841. The first-order valence-electron chi connectivity index (χ1n) is 8.11. The number of hydrogen-bond acceptors (Lipinski definition) is 3. The molecule has 0 aromatic heterocycles. The Bertz CT molecular complexity index is 679. The van der Waals surface area contributed by atoms with Crippen molar-refractivity contribution in [2.45, 2.75) is 29.2 Å². The van der Waals surface area contributed by atoms with Gasteiger partial charge in [0.15, 0.2) is 0 Å². The fraction of sp³-hybridized carbons (Fsp3) is 0.316. The number of halogens is 2. The Hall–Kier alpha value is -0.810. The number of benzene rings is 2. The second kappa shape index (κ2) is 11.0. The number of rotatable bonds is 9. The van der Waals surface area contributed by atoms with E-state index in [1.807, 2.05) is 55.5 Å². The van der Waals surface area contributed by atoms with E-state index in [4.69, 9.17) is 23.2 Å². The van der Waals surface area contributed by atoms with Crippen molar-refractivity contribution in [1.82, 2.24) is 5.32 Å². The van der Waals surface area contributed by atoms with Gasteiger partial charge < -0.3 is 5.32 Å². The van der Waals surface area contributed by atoms with Crippen molar-refractivity contribution in [3.8, 4) is 0 Å². The average Bonchev–Trinajstić information content (AvgIpc) is 2.62. The highest BCUT2D eigenvalue weighted by molar-refractivity contribution is 8.00. The maximum absolute atomic E-state index is 12.3. The van der Waals surface area contributed by atoms with Crippen molar-refractivity contribution in [2.75, 3.05) is 12.3 Å². The van der Waals surface area contributed by atoms with E-state index in [2.05, 4.69) is 5.32 Å². The van der Waals surface area contributed by atoms with Crippen LogP contribution in [0.4, 0.5) is 0 Å². The molecule has 0 spiro atoms. The van der Waals surface area contributed by atoms with Crippen LogP contribution in [-0.4, -0.2) is 23.5 Å². The molecule has 0 unspecified atom stereocenters. The van der Waals surface area contributed by atoms with Gasteiger partial charge in [0.2, 0.25) is 5.91 Å². The average molecular weight is 414 g/mol. The minimum Gasteiger partial charge on any atom is -0.354 e. The first-order chi connectivity index (χ1) is 12.1. The lowest BCUT2D eigenvalue weighted by molar-refractivity contribution is -0.120. The Morgan fingerprint density at radius 3 is 2.52 bits per heavy atom. The van der Waals surface area contributed by atoms with E-state index in [0.29, 0.717) is 11.6 Å². The molecule has 0 aliphatic rings. The number of nitrogens with one attached hydrogen (secondary N) is 1. The van der Waals surface area contributed by atoms with Gasteiger partial charge in [0.1, 0.15) is 0 Å². The van der Waals surface area contributed by atoms with Gasteiger partial charge in [-0.3, -0.25) is 4.79 Å². The van der Waals surface area contributed by atoms with Gasteiger partial charge in [0.05, 0.1) is 5.25 Å². The highest BCUT2D eigenvalue weighted by Gasteiger charge is 2.17. The molecule has 2 aromatic carbocycles. The third kappa shape index (κ3) is 7.14. The van der Waals surface area contributed by atoms with E-state index in [1.165, 1.54) is 0 Å². The molecule has 0 saturated carbocycles. The number of amides is 1. The number of carbonyl (C=O) groups excluding carboxylic acids is 1. The Kier molecular flexibility index (Phi) is 9.04. The summed E-state index contributed by atoms with van der Waals surface area (Å²) in [5, 5.41) is 4.44. The molecule has 1 atom stereocenters. The highest BCUT2D eigenvalue weighted by atomic mass is 35.5. The molecule has 0 aliphatic carbocycles. The summed E-state index contributed by atoms with van der Waals surface area (Å²) in [5.74, 6) is 1.80. The minimum atomic E-state index is -0.0882. The molecule has 0 heterocycles. The van der Waals surface area contributed by atoms with Crippen molar-refractivity contribution in [1.29, 1.82) is 0 Å². The van der Waals surface area contributed by atoms with E-state index in [-0.39, 0.29) is 11.2 Å². The summed E-state index contributed by atoms with van der Waals surface area (Å²) in [4.78, 5) is 13.4. The summed E-state index contributed by atoms with van der Waals surface area (Å²) in [6.45, 7) is 2.69. The Morgan fingerprint density at radius 2 is 1.84 bits per heavy atom. The first kappa shape index (κ1) is 20.5. The molecular formula is C19H21Cl2NOS2. The van der Waals surface area contributed by atoms with E-state index in [9.17, 15) is 4.79 Å². The van der Waals surface area contributed by atoms with Crippen LogP contribution in [0.1, 0.15) is 18.9 Å². The van der Waals surface area contributed by atoms with Gasteiger partial charge in [-0.25, -0.2) is 0 Å². The third-order valence-corrected chi connectivity index (χ3v) is 6.52. The molecule has 1 amide bonds. The van der Waals surface area contributed by atoms with Crippen molar-refractivity contribution in [3.63, 3.8) is 0 Å². The van der Waals surface area contributed by atoms with E-state index in [1.54, 1.807) is 23.5 Å². The molecule has 0 radical (unpaired) electrons. The van der Waals surface area contributed by atoms with Crippen LogP contribution in [0.2, 0.25) is 10.0 Å². The van der Waals surface area contributed by atoms with Crippen molar-refractivity contribution < 1.29 is 4.79 Å². The third-order valence-electron chi connectivity index (χ3n) is 3.52. The summed E-state index contributed by atoms with van der Waals surface area (Å²) >= 11 is 15.4. The molecule has 2 nitrogen and oxygen atoms in total. The monoisotopic (exact) mass is 413 g/mol. The fourth-order valence-electron chi connectivity index (χ4n) is 2.16. The van der Waals surface area contributed by atoms with E-state index in [0.717, 1.165) is 33.4 Å². The number of carbonyl (C=O) groups is 1. The quantitative estimate of drug-likeness (QED) is 0.408. The normalized spacial score (nSPS) is 12.0. The van der Waals surface area contributed by atoms with Gasteiger partial charge in [0, 0.05) is 33.0 Å². The van der Waals surface area contributed by atoms with Crippen LogP contribution in [0.3, 0.4) is 0 Å². The zero-order chi connectivity index (χ0) is 18.1. The predicted octanol–water partition coefficient (Wildman–Crippen LogP) is 5.91. The maximum Gasteiger partial charge on any atom is 0.233 e. The molecule has 134 valence electrons. The van der Waals surface area contributed by atoms with Crippen LogP contribution < -0.4 is 5.32 Å². The summed E-state index contributed by atoms with van der Waals surface area (Å²) in [6.07, 6.45) is 0.784. The topological polar surface area (TPSA) is 29.1 Å². The Morgan fingerprint density at radius 1 is 1.12 bits per heavy atom. The van der Waals surface area contributed by atoms with Crippen LogP contribution in [-0.2, 0) is 10.5 Å². The lowest BCUT2D eigenvalue weighted by atomic mass is 10.2. The van der Waals surface area contributed by atoms with Crippen LogP contribution in [0.15, 0.2) is 53.4 Å². The molecule has 0 aliphatic heterocycles. The van der Waals surface area contributed by atoms with Gasteiger partial charge in [-0.2, -0.15) is 11.8 Å². The van der Waals surface area contributed by atoms with Crippen molar-refractivity contribution >= 4 is 52.6 Å². The summed E-state index contributed by atoms with van der Waals surface area (Å²) in [5.41, 5.74) is 1.13. The fourth-order valence-corrected chi connectivity index (χ4v) is 4.41. The zero-order valence-electron chi connectivity index (χ0n) is 14.0. The molecule has 0 saturated heterocycles. The second-order valence-electron chi connectivity index (χ2n) is 5.40. The van der Waals surface area contributed by atoms with Gasteiger partial charge in [-0.05, 0) is 42.3 Å². The standard InChI is InChI=1S/C19H21Cl2NOS2/c1-2-18(25-16-9-7-15(20)8-10-16)19(23)22-11-12-24-13-14-5-3-4-6-17(14)21/h3-10,18H,2,11-13H2,1H3,(H,22,23)/t18-/m1/s1. The molecule has 0 fully saturated rings. The summed E-state index contributed by atoms with van der Waals surface area (Å²) in [7, 11) is 0. The SMILES string of the molecule is CC[C@@H](Sc1ccc(Cl)cc1)C(=O)NCCSCc1ccccc1Cl. The summed E-state index contributed by atoms with van der Waals surface area (Å²) in [6, 6.07) is 15.4. The van der Waals surface area contributed by atoms with Gasteiger partial charge >= 0.3 is 0 Å². The van der Waals surface area contributed by atoms with Crippen LogP contribution in [0.5, 0.6) is 0 Å². The molecule has 2 aromatic rings. The number of hydrogen-bond donors (Lipinski definition) is 1. The first-order valence-corrected chi connectivity index (χ1v) is 10.9. The molecule has 25 heavy (non-hydrogen) atoms.